The van der Waals surface area contributed by atoms with E-state index in [0.29, 0.717) is 12.5 Å². The van der Waals surface area contributed by atoms with E-state index in [1.807, 2.05) is 19.9 Å². The van der Waals surface area contributed by atoms with E-state index in [4.69, 9.17) is 4.74 Å². The third kappa shape index (κ3) is 3.50. The number of ether oxygens (including phenoxy) is 1. The lowest BCUT2D eigenvalue weighted by molar-refractivity contribution is 0.309. The molecule has 2 nitrogen and oxygen atoms in total. The third-order valence-electron chi connectivity index (χ3n) is 1.80. The summed E-state index contributed by atoms with van der Waals surface area (Å²) in [5.41, 5.74) is 2.25. The molecule has 76 valence electrons. The van der Waals surface area contributed by atoms with Crippen LogP contribution in [0.1, 0.15) is 18.9 Å². The van der Waals surface area contributed by atoms with Gasteiger partial charge in [0.1, 0.15) is 0 Å². The van der Waals surface area contributed by atoms with E-state index in [-0.39, 0.29) is 0 Å². The SMILES string of the molecule is C=C(C)CCOc1cc(C)c(Br)cn1. The van der Waals surface area contributed by atoms with Crippen LogP contribution < -0.4 is 4.74 Å². The molecule has 1 rings (SSSR count). The van der Waals surface area contributed by atoms with Crippen LogP contribution in [0.3, 0.4) is 0 Å². The maximum Gasteiger partial charge on any atom is 0.213 e. The summed E-state index contributed by atoms with van der Waals surface area (Å²) < 4.78 is 6.46. The molecule has 1 aromatic rings. The van der Waals surface area contributed by atoms with Crippen LogP contribution >= 0.6 is 15.9 Å². The van der Waals surface area contributed by atoms with Gasteiger partial charge in [-0.2, -0.15) is 0 Å². The van der Waals surface area contributed by atoms with Crippen LogP contribution in [0, 0.1) is 6.92 Å². The molecule has 0 saturated heterocycles. The molecule has 14 heavy (non-hydrogen) atoms. The zero-order valence-electron chi connectivity index (χ0n) is 8.51. The largest absolute Gasteiger partial charge is 0.477 e. The summed E-state index contributed by atoms with van der Waals surface area (Å²) in [5, 5.41) is 0. The Balaban J connectivity index is 2.51. The first-order valence-corrected chi connectivity index (χ1v) is 5.28. The molecule has 3 heteroatoms. The molecule has 1 aromatic heterocycles. The molecule has 0 amide bonds. The van der Waals surface area contributed by atoms with Crippen molar-refractivity contribution in [1.29, 1.82) is 0 Å². The first kappa shape index (κ1) is 11.2. The van der Waals surface area contributed by atoms with Crippen molar-refractivity contribution in [1.82, 2.24) is 4.98 Å². The molecule has 1 heterocycles. The van der Waals surface area contributed by atoms with Crippen LogP contribution in [0.4, 0.5) is 0 Å². The molecule has 0 aliphatic carbocycles. The number of aryl methyl sites for hydroxylation is 1. The van der Waals surface area contributed by atoms with Crippen LogP contribution in [-0.2, 0) is 0 Å². The van der Waals surface area contributed by atoms with E-state index >= 15 is 0 Å². The van der Waals surface area contributed by atoms with Gasteiger partial charge in [-0.05, 0) is 35.3 Å². The van der Waals surface area contributed by atoms with Crippen LogP contribution in [-0.4, -0.2) is 11.6 Å². The van der Waals surface area contributed by atoms with Crippen LogP contribution in [0.2, 0.25) is 0 Å². The summed E-state index contributed by atoms with van der Waals surface area (Å²) in [5.74, 6) is 0.673. The summed E-state index contributed by atoms with van der Waals surface area (Å²) in [6.07, 6.45) is 2.63. The van der Waals surface area contributed by atoms with Gasteiger partial charge in [-0.3, -0.25) is 0 Å². The van der Waals surface area contributed by atoms with Gasteiger partial charge in [-0.1, -0.05) is 5.57 Å². The molecule has 0 N–H and O–H groups in total. The maximum absolute atomic E-state index is 5.46. The highest BCUT2D eigenvalue weighted by Crippen LogP contribution is 2.18. The van der Waals surface area contributed by atoms with Gasteiger partial charge in [0, 0.05) is 23.2 Å². The van der Waals surface area contributed by atoms with Gasteiger partial charge in [0.15, 0.2) is 0 Å². The average Bonchev–Trinajstić information content (AvgIpc) is 2.10. The standard InChI is InChI=1S/C11H14BrNO/c1-8(2)4-5-14-11-6-9(3)10(12)7-13-11/h6-7H,1,4-5H2,2-3H3. The van der Waals surface area contributed by atoms with Crippen molar-refractivity contribution in [2.24, 2.45) is 0 Å². The Hall–Kier alpha value is -0.830. The fraction of sp³-hybridized carbons (Fsp3) is 0.364. The van der Waals surface area contributed by atoms with Crippen molar-refractivity contribution >= 4 is 15.9 Å². The molecule has 0 aliphatic heterocycles. The first-order chi connectivity index (χ1) is 6.59. The van der Waals surface area contributed by atoms with Crippen molar-refractivity contribution in [3.05, 3.63) is 34.5 Å². The molecule has 0 saturated carbocycles. The van der Waals surface area contributed by atoms with Gasteiger partial charge in [-0.15, -0.1) is 6.58 Å². The number of halogens is 1. The molecule has 0 fully saturated rings. The van der Waals surface area contributed by atoms with E-state index < -0.39 is 0 Å². The fourth-order valence-corrected chi connectivity index (χ4v) is 1.14. The quantitative estimate of drug-likeness (QED) is 0.769. The predicted octanol–water partition coefficient (Wildman–Crippen LogP) is 3.50. The third-order valence-corrected chi connectivity index (χ3v) is 2.63. The highest BCUT2D eigenvalue weighted by atomic mass is 79.9. The van der Waals surface area contributed by atoms with Gasteiger partial charge in [0.25, 0.3) is 0 Å². The lowest BCUT2D eigenvalue weighted by Gasteiger charge is -2.06. The number of aromatic nitrogens is 1. The summed E-state index contributed by atoms with van der Waals surface area (Å²) in [7, 11) is 0. The van der Waals surface area contributed by atoms with Gasteiger partial charge >= 0.3 is 0 Å². The van der Waals surface area contributed by atoms with Crippen molar-refractivity contribution < 1.29 is 4.74 Å². The smallest absolute Gasteiger partial charge is 0.213 e. The zero-order chi connectivity index (χ0) is 10.6. The van der Waals surface area contributed by atoms with Crippen molar-refractivity contribution in [2.45, 2.75) is 20.3 Å². The minimum atomic E-state index is 0.642. The molecule has 0 radical (unpaired) electrons. The Bertz CT molecular complexity index is 336. The van der Waals surface area contributed by atoms with Crippen LogP contribution in [0.25, 0.3) is 0 Å². The molecule has 0 unspecified atom stereocenters. The first-order valence-electron chi connectivity index (χ1n) is 4.49. The van der Waals surface area contributed by atoms with Crippen molar-refractivity contribution in [3.8, 4) is 5.88 Å². The highest BCUT2D eigenvalue weighted by Gasteiger charge is 1.99. The molecule has 0 atom stereocenters. The molecule has 0 aromatic carbocycles. The van der Waals surface area contributed by atoms with Gasteiger partial charge < -0.3 is 4.74 Å². The van der Waals surface area contributed by atoms with E-state index in [9.17, 15) is 0 Å². The van der Waals surface area contributed by atoms with E-state index in [1.165, 1.54) is 0 Å². The Morgan fingerprint density at radius 3 is 2.93 bits per heavy atom. The molecular formula is C11H14BrNO. The minimum absolute atomic E-state index is 0.642. The summed E-state index contributed by atoms with van der Waals surface area (Å²) in [6, 6.07) is 1.92. The number of rotatable bonds is 4. The molecule has 0 spiro atoms. The Morgan fingerprint density at radius 1 is 1.64 bits per heavy atom. The van der Waals surface area contributed by atoms with E-state index in [1.54, 1.807) is 6.20 Å². The van der Waals surface area contributed by atoms with Crippen LogP contribution in [0.5, 0.6) is 5.88 Å². The topological polar surface area (TPSA) is 22.1 Å². The van der Waals surface area contributed by atoms with Crippen LogP contribution in [0.15, 0.2) is 28.9 Å². The van der Waals surface area contributed by atoms with Crippen molar-refractivity contribution in [2.75, 3.05) is 6.61 Å². The van der Waals surface area contributed by atoms with E-state index in [2.05, 4.69) is 27.5 Å². The molecule has 0 aliphatic rings. The number of hydrogen-bond donors (Lipinski definition) is 0. The Labute approximate surface area is 93.1 Å². The van der Waals surface area contributed by atoms with Gasteiger partial charge in [0.05, 0.1) is 6.61 Å². The predicted molar refractivity (Wildman–Crippen MR) is 61.6 cm³/mol. The number of pyridine rings is 1. The van der Waals surface area contributed by atoms with Gasteiger partial charge in [-0.25, -0.2) is 4.98 Å². The fourth-order valence-electron chi connectivity index (χ4n) is 0.922. The summed E-state index contributed by atoms with van der Waals surface area (Å²) >= 11 is 3.39. The number of nitrogens with zero attached hydrogens (tertiary/aromatic N) is 1. The second-order valence-electron chi connectivity index (χ2n) is 3.33. The normalized spacial score (nSPS) is 9.93. The zero-order valence-corrected chi connectivity index (χ0v) is 10.1. The molecule has 0 bridgehead atoms. The summed E-state index contributed by atoms with van der Waals surface area (Å²) in [4.78, 5) is 4.14. The lowest BCUT2D eigenvalue weighted by Crippen LogP contribution is -1.99. The van der Waals surface area contributed by atoms with Crippen molar-refractivity contribution in [3.63, 3.8) is 0 Å². The Kier molecular flexibility index (Phi) is 4.14. The van der Waals surface area contributed by atoms with E-state index in [0.717, 1.165) is 22.0 Å². The minimum Gasteiger partial charge on any atom is -0.477 e. The van der Waals surface area contributed by atoms with Gasteiger partial charge in [0.2, 0.25) is 5.88 Å². The maximum atomic E-state index is 5.46. The monoisotopic (exact) mass is 255 g/mol. The summed E-state index contributed by atoms with van der Waals surface area (Å²) in [6.45, 7) is 8.45. The second-order valence-corrected chi connectivity index (χ2v) is 4.18. The highest BCUT2D eigenvalue weighted by molar-refractivity contribution is 9.10. The number of hydrogen-bond acceptors (Lipinski definition) is 2. The Morgan fingerprint density at radius 2 is 2.36 bits per heavy atom. The average molecular weight is 256 g/mol. The molecular weight excluding hydrogens is 242 g/mol. The lowest BCUT2D eigenvalue weighted by atomic mass is 10.3. The second kappa shape index (κ2) is 5.15.